The number of likely N-dealkylation sites (N-methyl/N-ethyl adjacent to an activating group) is 1. The zero-order valence-electron chi connectivity index (χ0n) is 10.6. The molecule has 0 unspecified atom stereocenters. The van der Waals surface area contributed by atoms with Gasteiger partial charge in [0.05, 0.1) is 6.42 Å². The van der Waals surface area contributed by atoms with Gasteiger partial charge in [-0.3, -0.25) is 4.79 Å². The predicted molar refractivity (Wildman–Crippen MR) is 74.3 cm³/mol. The van der Waals surface area contributed by atoms with Gasteiger partial charge in [0.2, 0.25) is 5.91 Å². The number of carbonyl (C=O) groups excluding carboxylic acids is 1. The van der Waals surface area contributed by atoms with Gasteiger partial charge < -0.3 is 10.6 Å². The minimum Gasteiger partial charge on any atom is -0.399 e. The van der Waals surface area contributed by atoms with Crippen molar-refractivity contribution in [1.82, 2.24) is 4.90 Å². The molecule has 1 aromatic rings. The number of nitrogens with zero attached hydrogens (tertiary/aromatic N) is 1. The van der Waals surface area contributed by atoms with Crippen LogP contribution in [-0.4, -0.2) is 23.4 Å². The Morgan fingerprint density at radius 1 is 1.29 bits per heavy atom. The molecule has 0 fully saturated rings. The van der Waals surface area contributed by atoms with E-state index in [0.29, 0.717) is 6.42 Å². The smallest absolute Gasteiger partial charge is 0.227 e. The number of amides is 1. The second kappa shape index (κ2) is 7.17. The first-order valence-electron chi connectivity index (χ1n) is 5.68. The van der Waals surface area contributed by atoms with Gasteiger partial charge in [0.1, 0.15) is 0 Å². The summed E-state index contributed by atoms with van der Waals surface area (Å²) in [5.41, 5.74) is 7.34. The molecule has 2 N–H and O–H groups in total. The molecule has 0 heterocycles. The number of halogens is 1. The molecule has 4 heteroatoms. The Kier molecular flexibility index (Phi) is 6.66. The summed E-state index contributed by atoms with van der Waals surface area (Å²) in [6.07, 6.45) is 0.451. The quantitative estimate of drug-likeness (QED) is 0.842. The van der Waals surface area contributed by atoms with E-state index in [1.165, 1.54) is 0 Å². The van der Waals surface area contributed by atoms with Crippen molar-refractivity contribution in [3.63, 3.8) is 0 Å². The largest absolute Gasteiger partial charge is 0.399 e. The molecule has 17 heavy (non-hydrogen) atoms. The Labute approximate surface area is 109 Å². The van der Waals surface area contributed by atoms with Crippen LogP contribution in [0, 0.1) is 0 Å². The number of nitrogens with two attached hydrogens (primary N) is 1. The Balaban J connectivity index is 0.00000256. The average Bonchev–Trinajstić information content (AvgIpc) is 2.22. The lowest BCUT2D eigenvalue weighted by atomic mass is 10.1. The van der Waals surface area contributed by atoms with E-state index in [9.17, 15) is 4.79 Å². The molecule has 1 aromatic carbocycles. The van der Waals surface area contributed by atoms with Crippen LogP contribution in [0.4, 0.5) is 5.69 Å². The standard InChI is InChI=1S/C13H20N2O.ClH/c1-4-15(10(2)3)13(16)9-11-5-7-12(14)8-6-11;/h5-8,10H,4,9,14H2,1-3H3;1H. The zero-order chi connectivity index (χ0) is 12.1. The van der Waals surface area contributed by atoms with Gasteiger partial charge >= 0.3 is 0 Å². The summed E-state index contributed by atoms with van der Waals surface area (Å²) in [5, 5.41) is 0. The maximum Gasteiger partial charge on any atom is 0.227 e. The molecule has 0 spiro atoms. The van der Waals surface area contributed by atoms with Crippen LogP contribution >= 0.6 is 12.4 Å². The summed E-state index contributed by atoms with van der Waals surface area (Å²) in [6, 6.07) is 7.72. The van der Waals surface area contributed by atoms with E-state index in [-0.39, 0.29) is 24.4 Å². The van der Waals surface area contributed by atoms with Crippen LogP contribution in [0.2, 0.25) is 0 Å². The predicted octanol–water partition coefficient (Wildman–Crippen LogP) is 2.49. The number of nitrogen functional groups attached to an aromatic ring is 1. The van der Waals surface area contributed by atoms with Crippen molar-refractivity contribution in [3.05, 3.63) is 29.8 Å². The first-order chi connectivity index (χ1) is 7.54. The fourth-order valence-electron chi connectivity index (χ4n) is 1.74. The van der Waals surface area contributed by atoms with Crippen LogP contribution in [0.1, 0.15) is 26.3 Å². The fraction of sp³-hybridized carbons (Fsp3) is 0.462. The lowest BCUT2D eigenvalue weighted by Gasteiger charge is -2.25. The number of carbonyl (C=O) groups is 1. The van der Waals surface area contributed by atoms with Gasteiger partial charge in [-0.2, -0.15) is 0 Å². The van der Waals surface area contributed by atoms with E-state index in [4.69, 9.17) is 5.73 Å². The molecule has 0 aliphatic rings. The van der Waals surface area contributed by atoms with Gasteiger partial charge in [-0.1, -0.05) is 12.1 Å². The summed E-state index contributed by atoms with van der Waals surface area (Å²) < 4.78 is 0. The summed E-state index contributed by atoms with van der Waals surface area (Å²) in [4.78, 5) is 13.8. The topological polar surface area (TPSA) is 46.3 Å². The van der Waals surface area contributed by atoms with E-state index in [1.807, 2.05) is 49.9 Å². The SMILES string of the molecule is CCN(C(=O)Cc1ccc(N)cc1)C(C)C.Cl. The second-order valence-corrected chi connectivity index (χ2v) is 4.19. The molecule has 0 saturated carbocycles. The highest BCUT2D eigenvalue weighted by Crippen LogP contribution is 2.09. The van der Waals surface area contributed by atoms with Gasteiger partial charge in [-0.05, 0) is 38.5 Å². The molecule has 0 aliphatic heterocycles. The Morgan fingerprint density at radius 3 is 2.24 bits per heavy atom. The van der Waals surface area contributed by atoms with Crippen molar-refractivity contribution in [2.45, 2.75) is 33.2 Å². The van der Waals surface area contributed by atoms with Crippen LogP contribution in [0.15, 0.2) is 24.3 Å². The lowest BCUT2D eigenvalue weighted by molar-refractivity contribution is -0.131. The molecule has 3 nitrogen and oxygen atoms in total. The van der Waals surface area contributed by atoms with Crippen LogP contribution in [0.5, 0.6) is 0 Å². The molecule has 0 aliphatic carbocycles. The van der Waals surface area contributed by atoms with Crippen molar-refractivity contribution in [2.75, 3.05) is 12.3 Å². The number of anilines is 1. The first-order valence-corrected chi connectivity index (χ1v) is 5.68. The normalized spacial score (nSPS) is 9.88. The zero-order valence-corrected chi connectivity index (χ0v) is 11.5. The van der Waals surface area contributed by atoms with E-state index >= 15 is 0 Å². The monoisotopic (exact) mass is 256 g/mol. The van der Waals surface area contributed by atoms with Gasteiger partial charge in [-0.25, -0.2) is 0 Å². The molecule has 0 saturated heterocycles. The minimum atomic E-state index is 0. The van der Waals surface area contributed by atoms with E-state index < -0.39 is 0 Å². The van der Waals surface area contributed by atoms with E-state index in [0.717, 1.165) is 17.8 Å². The number of rotatable bonds is 4. The third-order valence-corrected chi connectivity index (χ3v) is 2.62. The first kappa shape index (κ1) is 15.8. The fourth-order valence-corrected chi connectivity index (χ4v) is 1.74. The highest BCUT2D eigenvalue weighted by atomic mass is 35.5. The number of benzene rings is 1. The molecule has 1 rings (SSSR count). The second-order valence-electron chi connectivity index (χ2n) is 4.19. The highest BCUT2D eigenvalue weighted by molar-refractivity contribution is 5.85. The third kappa shape index (κ3) is 4.65. The molecule has 0 radical (unpaired) electrons. The molecule has 1 amide bonds. The van der Waals surface area contributed by atoms with Gasteiger partial charge in [0, 0.05) is 18.3 Å². The van der Waals surface area contributed by atoms with Crippen molar-refractivity contribution < 1.29 is 4.79 Å². The van der Waals surface area contributed by atoms with Crippen LogP contribution in [0.3, 0.4) is 0 Å². The van der Waals surface area contributed by atoms with Gasteiger partial charge in [-0.15, -0.1) is 12.4 Å². The minimum absolute atomic E-state index is 0. The summed E-state index contributed by atoms with van der Waals surface area (Å²) in [7, 11) is 0. The Bertz CT molecular complexity index is 349. The van der Waals surface area contributed by atoms with Crippen molar-refractivity contribution in [3.8, 4) is 0 Å². The summed E-state index contributed by atoms with van der Waals surface area (Å²) in [6.45, 7) is 6.82. The van der Waals surface area contributed by atoms with E-state index in [1.54, 1.807) is 0 Å². The van der Waals surface area contributed by atoms with E-state index in [2.05, 4.69) is 0 Å². The number of hydrogen-bond acceptors (Lipinski definition) is 2. The third-order valence-electron chi connectivity index (χ3n) is 2.62. The maximum atomic E-state index is 12.0. The molecular weight excluding hydrogens is 236 g/mol. The average molecular weight is 257 g/mol. The molecule has 96 valence electrons. The molecule has 0 aromatic heterocycles. The van der Waals surface area contributed by atoms with Crippen LogP contribution < -0.4 is 5.73 Å². The maximum absolute atomic E-state index is 12.0. The van der Waals surface area contributed by atoms with Gasteiger partial charge in [0.15, 0.2) is 0 Å². The van der Waals surface area contributed by atoms with Gasteiger partial charge in [0.25, 0.3) is 0 Å². The molecule has 0 bridgehead atoms. The molecule has 0 atom stereocenters. The lowest BCUT2D eigenvalue weighted by Crippen LogP contribution is -2.37. The van der Waals surface area contributed by atoms with Crippen LogP contribution in [-0.2, 0) is 11.2 Å². The van der Waals surface area contributed by atoms with Crippen molar-refractivity contribution >= 4 is 24.0 Å². The summed E-state index contributed by atoms with van der Waals surface area (Å²) >= 11 is 0. The number of hydrogen-bond donors (Lipinski definition) is 1. The summed E-state index contributed by atoms with van der Waals surface area (Å²) in [5.74, 6) is 0.169. The molecular formula is C13H21ClN2O. The van der Waals surface area contributed by atoms with Crippen molar-refractivity contribution in [2.24, 2.45) is 0 Å². The highest BCUT2D eigenvalue weighted by Gasteiger charge is 2.14. The Morgan fingerprint density at radius 2 is 1.82 bits per heavy atom. The van der Waals surface area contributed by atoms with Crippen molar-refractivity contribution in [1.29, 1.82) is 0 Å². The Hall–Kier alpha value is -1.22. The van der Waals surface area contributed by atoms with Crippen LogP contribution in [0.25, 0.3) is 0 Å².